The molecule has 0 spiro atoms. The third kappa shape index (κ3) is 8.06. The second-order valence-electron chi connectivity index (χ2n) is 7.14. The van der Waals surface area contributed by atoms with E-state index in [1.807, 2.05) is 39.1 Å². The van der Waals surface area contributed by atoms with Gasteiger partial charge in [0.05, 0.1) is 18.8 Å². The highest BCUT2D eigenvalue weighted by atomic mass is 35.5. The summed E-state index contributed by atoms with van der Waals surface area (Å²) in [5.41, 5.74) is 3.86. The highest BCUT2D eigenvalue weighted by Crippen LogP contribution is 2.38. The number of halogens is 3. The van der Waals surface area contributed by atoms with E-state index in [2.05, 4.69) is 45.7 Å². The second-order valence-corrected chi connectivity index (χ2v) is 7.52. The van der Waals surface area contributed by atoms with Crippen molar-refractivity contribution in [3.8, 4) is 0 Å². The van der Waals surface area contributed by atoms with Crippen LogP contribution in [0.3, 0.4) is 0 Å². The molecule has 1 N–H and O–H groups in total. The molecule has 2 aromatic rings. The Morgan fingerprint density at radius 3 is 2.44 bits per heavy atom. The quantitative estimate of drug-likeness (QED) is 0.176. The molecule has 0 amide bonds. The minimum Gasteiger partial charge on any atom is -0.353 e. The van der Waals surface area contributed by atoms with Crippen molar-refractivity contribution in [2.45, 2.75) is 47.1 Å². The van der Waals surface area contributed by atoms with Crippen molar-refractivity contribution in [3.05, 3.63) is 40.5 Å². The van der Waals surface area contributed by atoms with E-state index in [1.165, 1.54) is 11.9 Å². The van der Waals surface area contributed by atoms with Gasteiger partial charge < -0.3 is 10.2 Å². The van der Waals surface area contributed by atoms with Crippen LogP contribution in [-0.2, 0) is 13.0 Å². The lowest BCUT2D eigenvalue weighted by atomic mass is 10.0. The largest absolute Gasteiger partial charge is 0.353 e. The molecule has 0 saturated carbocycles. The van der Waals surface area contributed by atoms with Crippen LogP contribution in [-0.4, -0.2) is 56.3 Å². The molecule has 0 aliphatic rings. The number of benzene rings is 1. The van der Waals surface area contributed by atoms with Gasteiger partial charge in [-0.15, -0.1) is 0 Å². The van der Waals surface area contributed by atoms with Gasteiger partial charge in [0.2, 0.25) is 0 Å². The summed E-state index contributed by atoms with van der Waals surface area (Å²) >= 11 is 6.20. The van der Waals surface area contributed by atoms with E-state index in [1.54, 1.807) is 18.0 Å². The standard InChI is InChI=1S/C22H28ClF2N7.C2H6/c1-7-16-15(12-32(6)30-14(2)26-3)9-8-10-17(16)28-18-11-19(23)29-22(21(18)27-4)31(5)13-20(24)25;1-2/h8-11,20H,3-4,7,12-13H2,1-2,5-6H3,(H,28,29);1-2H3/b30-14-;. The Bertz CT molecular complexity index is 996. The number of pyridine rings is 1. The number of hydrogen-bond donors (Lipinski definition) is 1. The Labute approximate surface area is 206 Å². The minimum atomic E-state index is -2.53. The van der Waals surface area contributed by atoms with Gasteiger partial charge in [0.15, 0.2) is 5.82 Å². The van der Waals surface area contributed by atoms with Gasteiger partial charge in [-0.3, -0.25) is 10.0 Å². The summed E-state index contributed by atoms with van der Waals surface area (Å²) in [5.74, 6) is 0.805. The molecule has 0 fully saturated rings. The van der Waals surface area contributed by atoms with Gasteiger partial charge in [-0.25, -0.2) is 18.8 Å². The molecule has 7 nitrogen and oxygen atoms in total. The summed E-state index contributed by atoms with van der Waals surface area (Å²) in [6.45, 7) is 15.0. The van der Waals surface area contributed by atoms with E-state index in [4.69, 9.17) is 11.6 Å². The fourth-order valence-electron chi connectivity index (χ4n) is 3.33. The molecule has 0 aliphatic heterocycles. The molecule has 0 atom stereocenters. The predicted molar refractivity (Wildman–Crippen MR) is 142 cm³/mol. The lowest BCUT2D eigenvalue weighted by Crippen LogP contribution is -2.25. The van der Waals surface area contributed by atoms with E-state index < -0.39 is 13.0 Å². The zero-order valence-electron chi connectivity index (χ0n) is 20.7. The van der Waals surface area contributed by atoms with Gasteiger partial charge >= 0.3 is 0 Å². The first-order valence-corrected chi connectivity index (χ1v) is 11.3. The summed E-state index contributed by atoms with van der Waals surface area (Å²) in [6.07, 6.45) is -1.78. The Kier molecular flexibility index (Phi) is 12.1. The van der Waals surface area contributed by atoms with Crippen molar-refractivity contribution in [2.75, 3.05) is 30.9 Å². The molecule has 2 rings (SSSR count). The summed E-state index contributed by atoms with van der Waals surface area (Å²) in [7, 11) is 3.37. The minimum absolute atomic E-state index is 0.159. The number of nitrogens with one attached hydrogen (secondary N) is 1. The van der Waals surface area contributed by atoms with Crippen LogP contribution in [0.4, 0.5) is 31.7 Å². The average molecular weight is 494 g/mol. The van der Waals surface area contributed by atoms with E-state index in [9.17, 15) is 8.78 Å². The van der Waals surface area contributed by atoms with Crippen LogP contribution in [0, 0.1) is 0 Å². The third-order valence-corrected chi connectivity index (χ3v) is 4.91. The molecular formula is C24H34ClF2N7. The third-order valence-electron chi connectivity index (χ3n) is 4.71. The molecule has 0 saturated heterocycles. The van der Waals surface area contributed by atoms with Crippen LogP contribution in [0.25, 0.3) is 0 Å². The summed E-state index contributed by atoms with van der Waals surface area (Å²) in [5, 5.41) is 9.65. The number of nitrogens with zero attached hydrogens (tertiary/aromatic N) is 6. The summed E-state index contributed by atoms with van der Waals surface area (Å²) < 4.78 is 25.8. The maximum absolute atomic E-state index is 12.9. The normalized spacial score (nSPS) is 10.9. The van der Waals surface area contributed by atoms with Crippen molar-refractivity contribution < 1.29 is 8.78 Å². The van der Waals surface area contributed by atoms with Crippen molar-refractivity contribution in [1.29, 1.82) is 0 Å². The van der Waals surface area contributed by atoms with Crippen LogP contribution in [0.2, 0.25) is 5.15 Å². The Morgan fingerprint density at radius 2 is 1.88 bits per heavy atom. The van der Waals surface area contributed by atoms with Gasteiger partial charge in [0.1, 0.15) is 16.7 Å². The molecule has 10 heteroatoms. The molecule has 34 heavy (non-hydrogen) atoms. The lowest BCUT2D eigenvalue weighted by Gasteiger charge is -2.23. The Morgan fingerprint density at radius 1 is 1.21 bits per heavy atom. The number of aromatic nitrogens is 1. The Hall–Kier alpha value is -3.07. The summed E-state index contributed by atoms with van der Waals surface area (Å²) in [4.78, 5) is 13.4. The smallest absolute Gasteiger partial charge is 0.255 e. The SMILES string of the molecule is C=N/C(C)=N\N(C)Cc1cccc(Nc2cc(Cl)nc(N(C)CC(F)F)c2N=C)c1CC.CC. The molecular weight excluding hydrogens is 460 g/mol. The van der Waals surface area contributed by atoms with Crippen molar-refractivity contribution in [3.63, 3.8) is 0 Å². The molecule has 0 bridgehead atoms. The van der Waals surface area contributed by atoms with Crippen LogP contribution in [0.1, 0.15) is 38.8 Å². The molecule has 1 aromatic heterocycles. The highest BCUT2D eigenvalue weighted by molar-refractivity contribution is 6.30. The average Bonchev–Trinajstić information content (AvgIpc) is 2.79. The number of hydrazone groups is 1. The summed E-state index contributed by atoms with van der Waals surface area (Å²) in [6, 6.07) is 7.50. The maximum Gasteiger partial charge on any atom is 0.255 e. The number of aliphatic imine (C=N–C) groups is 2. The first kappa shape index (κ1) is 29.0. The van der Waals surface area contributed by atoms with Gasteiger partial charge in [-0.05, 0) is 44.0 Å². The number of anilines is 3. The van der Waals surface area contributed by atoms with Crippen molar-refractivity contribution >= 4 is 53.8 Å². The molecule has 1 aromatic carbocycles. The zero-order valence-corrected chi connectivity index (χ0v) is 21.5. The Balaban J connectivity index is 0.00000281. The second kappa shape index (κ2) is 14.2. The van der Waals surface area contributed by atoms with Crippen LogP contribution in [0.5, 0.6) is 0 Å². The van der Waals surface area contributed by atoms with E-state index in [-0.39, 0.29) is 11.0 Å². The molecule has 1 heterocycles. The first-order chi connectivity index (χ1) is 16.2. The van der Waals surface area contributed by atoms with Gasteiger partial charge in [0.25, 0.3) is 6.43 Å². The van der Waals surface area contributed by atoms with Crippen LogP contribution in [0.15, 0.2) is 39.4 Å². The predicted octanol–water partition coefficient (Wildman–Crippen LogP) is 6.57. The number of rotatable bonds is 10. The molecule has 0 radical (unpaired) electrons. The van der Waals surface area contributed by atoms with E-state index in [0.717, 1.165) is 23.2 Å². The van der Waals surface area contributed by atoms with Crippen LogP contribution < -0.4 is 10.2 Å². The van der Waals surface area contributed by atoms with Crippen LogP contribution >= 0.6 is 11.6 Å². The van der Waals surface area contributed by atoms with Gasteiger partial charge in [-0.1, -0.05) is 44.5 Å². The highest BCUT2D eigenvalue weighted by Gasteiger charge is 2.19. The topological polar surface area (TPSA) is 68.5 Å². The zero-order chi connectivity index (χ0) is 25.8. The van der Waals surface area contributed by atoms with E-state index >= 15 is 0 Å². The number of amidine groups is 1. The lowest BCUT2D eigenvalue weighted by molar-refractivity contribution is 0.156. The maximum atomic E-state index is 12.9. The first-order valence-electron chi connectivity index (χ1n) is 11.0. The van der Waals surface area contributed by atoms with Gasteiger partial charge in [-0.2, -0.15) is 5.10 Å². The molecule has 0 unspecified atom stereocenters. The fourth-order valence-corrected chi connectivity index (χ4v) is 3.52. The monoisotopic (exact) mass is 493 g/mol. The van der Waals surface area contributed by atoms with Crippen molar-refractivity contribution in [1.82, 2.24) is 9.99 Å². The molecule has 186 valence electrons. The number of hydrogen-bond acceptors (Lipinski definition) is 6. The fraction of sp³-hybridized carbons (Fsp3) is 0.417. The van der Waals surface area contributed by atoms with E-state index in [0.29, 0.717) is 23.8 Å². The van der Waals surface area contributed by atoms with Crippen molar-refractivity contribution in [2.24, 2.45) is 15.1 Å². The molecule has 0 aliphatic carbocycles. The van der Waals surface area contributed by atoms with Gasteiger partial charge in [0, 0.05) is 25.8 Å². The number of alkyl halides is 2.